The molecular weight excluding hydrogens is 309 g/mol. The van der Waals surface area contributed by atoms with Crippen LogP contribution in [0.1, 0.15) is 15.9 Å². The van der Waals surface area contributed by atoms with E-state index < -0.39 is 0 Å². The highest BCUT2D eigenvalue weighted by molar-refractivity contribution is 6.32. The number of anilines is 1. The summed E-state index contributed by atoms with van der Waals surface area (Å²) in [6.07, 6.45) is 1.45. The second kappa shape index (κ2) is 7.09. The number of nitrogens with two attached hydrogens (primary N) is 1. The summed E-state index contributed by atoms with van der Waals surface area (Å²) in [4.78, 5) is 16.1. The Labute approximate surface area is 132 Å². The molecule has 0 spiro atoms. The fourth-order valence-electron chi connectivity index (χ4n) is 1.54. The molecule has 0 saturated heterocycles. The highest BCUT2D eigenvalue weighted by atomic mass is 35.5. The Morgan fingerprint density at radius 1 is 1.29 bits per heavy atom. The maximum Gasteiger partial charge on any atom is 0.256 e. The molecule has 6 heteroatoms. The van der Waals surface area contributed by atoms with E-state index in [-0.39, 0.29) is 12.5 Å². The zero-order valence-corrected chi connectivity index (χ0v) is 12.4. The Morgan fingerprint density at radius 2 is 2.10 bits per heavy atom. The molecule has 1 amide bonds. The van der Waals surface area contributed by atoms with Gasteiger partial charge in [0.05, 0.1) is 16.6 Å². The third-order valence-corrected chi connectivity index (χ3v) is 3.06. The van der Waals surface area contributed by atoms with Crippen molar-refractivity contribution in [2.24, 2.45) is 5.73 Å². The Kier molecular flexibility index (Phi) is 5.18. The molecule has 0 aliphatic carbocycles. The van der Waals surface area contributed by atoms with Crippen LogP contribution in [0.15, 0.2) is 36.5 Å². The number of benzene rings is 1. The van der Waals surface area contributed by atoms with Crippen LogP contribution in [0.3, 0.4) is 0 Å². The van der Waals surface area contributed by atoms with Crippen LogP contribution in [0.25, 0.3) is 0 Å². The van der Waals surface area contributed by atoms with Gasteiger partial charge in [0, 0.05) is 17.3 Å². The van der Waals surface area contributed by atoms with Gasteiger partial charge in [-0.1, -0.05) is 35.0 Å². The first-order valence-corrected chi connectivity index (χ1v) is 6.77. The van der Waals surface area contributed by atoms with Crippen LogP contribution < -0.4 is 11.1 Å². The van der Waals surface area contributed by atoms with Crippen molar-refractivity contribution in [3.63, 3.8) is 0 Å². The van der Waals surface area contributed by atoms with Gasteiger partial charge in [-0.3, -0.25) is 4.79 Å². The molecule has 0 aliphatic heterocycles. The Bertz CT molecular complexity index is 718. The van der Waals surface area contributed by atoms with Gasteiger partial charge < -0.3 is 11.1 Å². The second-order valence-corrected chi connectivity index (χ2v) is 4.86. The molecule has 2 rings (SSSR count). The van der Waals surface area contributed by atoms with Crippen molar-refractivity contribution < 1.29 is 4.79 Å². The molecule has 0 bridgehead atoms. The molecule has 106 valence electrons. The SMILES string of the molecule is NCC#Cc1ccc(C(=O)Nc2ccc(Cl)cn2)cc1Cl. The van der Waals surface area contributed by atoms with Crippen LogP contribution >= 0.6 is 23.2 Å². The second-order valence-electron chi connectivity index (χ2n) is 4.02. The normalized spacial score (nSPS) is 9.67. The summed E-state index contributed by atoms with van der Waals surface area (Å²) in [5.41, 5.74) is 6.34. The van der Waals surface area contributed by atoms with E-state index >= 15 is 0 Å². The fourth-order valence-corrected chi connectivity index (χ4v) is 1.88. The van der Waals surface area contributed by atoms with Crippen molar-refractivity contribution in [2.75, 3.05) is 11.9 Å². The number of rotatable bonds is 2. The van der Waals surface area contributed by atoms with Crippen LogP contribution in [0, 0.1) is 11.8 Å². The molecular formula is C15H11Cl2N3O. The average Bonchev–Trinajstić information content (AvgIpc) is 2.48. The predicted molar refractivity (Wildman–Crippen MR) is 84.6 cm³/mol. The number of aromatic nitrogens is 1. The third-order valence-electron chi connectivity index (χ3n) is 2.53. The number of carbonyl (C=O) groups excluding carboxylic acids is 1. The summed E-state index contributed by atoms with van der Waals surface area (Å²) in [7, 11) is 0. The van der Waals surface area contributed by atoms with Gasteiger partial charge in [0.2, 0.25) is 0 Å². The Morgan fingerprint density at radius 3 is 2.71 bits per heavy atom. The first-order chi connectivity index (χ1) is 10.1. The molecule has 0 saturated carbocycles. The minimum Gasteiger partial charge on any atom is -0.320 e. The largest absolute Gasteiger partial charge is 0.320 e. The van der Waals surface area contributed by atoms with Crippen LogP contribution in [0.5, 0.6) is 0 Å². The van der Waals surface area contributed by atoms with Crippen molar-refractivity contribution in [3.05, 3.63) is 57.7 Å². The molecule has 0 atom stereocenters. The van der Waals surface area contributed by atoms with E-state index in [0.717, 1.165) is 0 Å². The zero-order chi connectivity index (χ0) is 15.2. The van der Waals surface area contributed by atoms with Gasteiger partial charge in [0.1, 0.15) is 5.82 Å². The molecule has 4 nitrogen and oxygen atoms in total. The lowest BCUT2D eigenvalue weighted by molar-refractivity contribution is 0.102. The topological polar surface area (TPSA) is 68.0 Å². The van der Waals surface area contributed by atoms with E-state index in [1.165, 1.54) is 6.20 Å². The van der Waals surface area contributed by atoms with E-state index in [1.54, 1.807) is 30.3 Å². The molecule has 0 unspecified atom stereocenters. The molecule has 21 heavy (non-hydrogen) atoms. The van der Waals surface area contributed by atoms with Crippen molar-refractivity contribution in [2.45, 2.75) is 0 Å². The Hall–Kier alpha value is -2.06. The smallest absolute Gasteiger partial charge is 0.256 e. The van der Waals surface area contributed by atoms with E-state index in [0.29, 0.717) is 27.0 Å². The molecule has 1 heterocycles. The summed E-state index contributed by atoms with van der Waals surface area (Å²) in [6.45, 7) is 0.251. The molecule has 1 aromatic carbocycles. The monoisotopic (exact) mass is 319 g/mol. The quantitative estimate of drug-likeness (QED) is 0.836. The number of pyridine rings is 1. The van der Waals surface area contributed by atoms with Crippen LogP contribution in [0.4, 0.5) is 5.82 Å². The number of nitrogens with one attached hydrogen (secondary N) is 1. The lowest BCUT2D eigenvalue weighted by Crippen LogP contribution is -2.12. The van der Waals surface area contributed by atoms with Gasteiger partial charge in [-0.15, -0.1) is 0 Å². The molecule has 2 aromatic rings. The number of carbonyl (C=O) groups is 1. The van der Waals surface area contributed by atoms with E-state index in [2.05, 4.69) is 22.1 Å². The molecule has 0 aliphatic rings. The van der Waals surface area contributed by atoms with Crippen LogP contribution in [-0.4, -0.2) is 17.4 Å². The van der Waals surface area contributed by atoms with E-state index in [1.807, 2.05) is 0 Å². The number of halogens is 2. The maximum absolute atomic E-state index is 12.1. The van der Waals surface area contributed by atoms with Crippen LogP contribution in [-0.2, 0) is 0 Å². The standard InChI is InChI=1S/C15H11Cl2N3O/c16-12-5-6-14(19-9-12)20-15(21)11-4-3-10(2-1-7-18)13(17)8-11/h3-6,8-9H,7,18H2,(H,19,20,21). The van der Waals surface area contributed by atoms with Crippen LogP contribution in [0.2, 0.25) is 10.0 Å². The van der Waals surface area contributed by atoms with E-state index in [4.69, 9.17) is 28.9 Å². The fraction of sp³-hybridized carbons (Fsp3) is 0.0667. The molecule has 0 fully saturated rings. The van der Waals surface area contributed by atoms with Gasteiger partial charge >= 0.3 is 0 Å². The zero-order valence-electron chi connectivity index (χ0n) is 10.9. The summed E-state index contributed by atoms with van der Waals surface area (Å²) < 4.78 is 0. The number of hydrogen-bond acceptors (Lipinski definition) is 3. The minimum absolute atomic E-state index is 0.251. The molecule has 3 N–H and O–H groups in total. The summed E-state index contributed by atoms with van der Waals surface area (Å²) >= 11 is 11.8. The van der Waals surface area contributed by atoms with Crippen molar-refractivity contribution in [1.82, 2.24) is 4.98 Å². The summed E-state index contributed by atoms with van der Waals surface area (Å²) in [5.74, 6) is 5.63. The number of amides is 1. The average molecular weight is 320 g/mol. The predicted octanol–water partition coefficient (Wildman–Crippen LogP) is 2.95. The minimum atomic E-state index is -0.315. The van der Waals surface area contributed by atoms with Gasteiger partial charge in [-0.25, -0.2) is 4.98 Å². The number of hydrogen-bond donors (Lipinski definition) is 2. The lowest BCUT2D eigenvalue weighted by atomic mass is 10.1. The highest BCUT2D eigenvalue weighted by Crippen LogP contribution is 2.18. The van der Waals surface area contributed by atoms with Gasteiger partial charge in [0.25, 0.3) is 5.91 Å². The third kappa shape index (κ3) is 4.20. The maximum atomic E-state index is 12.1. The van der Waals surface area contributed by atoms with Gasteiger partial charge in [0.15, 0.2) is 0 Å². The molecule has 1 aromatic heterocycles. The van der Waals surface area contributed by atoms with Crippen molar-refractivity contribution in [1.29, 1.82) is 0 Å². The number of nitrogens with zero attached hydrogens (tertiary/aromatic N) is 1. The lowest BCUT2D eigenvalue weighted by Gasteiger charge is -2.05. The Balaban J connectivity index is 2.16. The highest BCUT2D eigenvalue weighted by Gasteiger charge is 2.09. The van der Waals surface area contributed by atoms with Gasteiger partial charge in [-0.2, -0.15) is 0 Å². The van der Waals surface area contributed by atoms with Crippen molar-refractivity contribution in [3.8, 4) is 11.8 Å². The summed E-state index contributed by atoms with van der Waals surface area (Å²) in [5, 5.41) is 3.55. The van der Waals surface area contributed by atoms with Gasteiger partial charge in [-0.05, 0) is 30.3 Å². The first kappa shape index (κ1) is 15.3. The van der Waals surface area contributed by atoms with E-state index in [9.17, 15) is 4.79 Å². The van der Waals surface area contributed by atoms with Crippen molar-refractivity contribution >= 4 is 34.9 Å². The first-order valence-electron chi connectivity index (χ1n) is 6.01. The summed E-state index contributed by atoms with van der Waals surface area (Å²) in [6, 6.07) is 8.12. The molecule has 0 radical (unpaired) electrons.